The molecule has 1 aliphatic heterocycles. The minimum atomic E-state index is -0.0624. The minimum absolute atomic E-state index is 0.0544. The fraction of sp³-hybridized carbons (Fsp3) is 0.208. The zero-order valence-corrected chi connectivity index (χ0v) is 19.8. The van der Waals surface area contributed by atoms with Gasteiger partial charge in [0.05, 0.1) is 16.3 Å². The number of halogens is 1. The van der Waals surface area contributed by atoms with Crippen molar-refractivity contribution in [2.75, 3.05) is 42.1 Å². The molecule has 1 saturated heterocycles. The van der Waals surface area contributed by atoms with Gasteiger partial charge in [0.1, 0.15) is 0 Å². The Morgan fingerprint density at radius 1 is 0.938 bits per heavy atom. The molecule has 0 radical (unpaired) electrons. The van der Waals surface area contributed by atoms with Crippen LogP contribution in [0.2, 0.25) is 0 Å². The van der Waals surface area contributed by atoms with Crippen LogP contribution < -0.4 is 10.2 Å². The summed E-state index contributed by atoms with van der Waals surface area (Å²) in [5.74, 6) is 0.304. The molecular weight excluding hydrogens is 488 g/mol. The summed E-state index contributed by atoms with van der Waals surface area (Å²) in [5, 5.41) is 3.75. The van der Waals surface area contributed by atoms with Gasteiger partial charge in [0.25, 0.3) is 5.91 Å². The molecule has 1 fully saturated rings. The van der Waals surface area contributed by atoms with Crippen LogP contribution in [-0.4, -0.2) is 53.6 Å². The number of hydrogen-bond acceptors (Lipinski definition) is 5. The molecule has 1 aromatic heterocycles. The third kappa shape index (κ3) is 5.69. The number of amides is 2. The highest BCUT2D eigenvalue weighted by atomic mass is 79.9. The lowest BCUT2D eigenvalue weighted by molar-refractivity contribution is -0.113. The van der Waals surface area contributed by atoms with E-state index in [-0.39, 0.29) is 11.8 Å². The van der Waals surface area contributed by atoms with Gasteiger partial charge in [-0.25, -0.2) is 4.98 Å². The highest BCUT2D eigenvalue weighted by molar-refractivity contribution is 9.10. The Balaban J connectivity index is 1.27. The van der Waals surface area contributed by atoms with Gasteiger partial charge >= 0.3 is 0 Å². The van der Waals surface area contributed by atoms with Crippen molar-refractivity contribution in [1.82, 2.24) is 9.88 Å². The zero-order chi connectivity index (χ0) is 22.3. The summed E-state index contributed by atoms with van der Waals surface area (Å²) in [4.78, 5) is 33.3. The van der Waals surface area contributed by atoms with Gasteiger partial charge in [0.15, 0.2) is 0 Å². The number of hydrogen-bond donors (Lipinski definition) is 1. The van der Waals surface area contributed by atoms with Crippen LogP contribution in [0.25, 0.3) is 0 Å². The van der Waals surface area contributed by atoms with Gasteiger partial charge in [-0.1, -0.05) is 30.0 Å². The molecule has 0 unspecified atom stereocenters. The van der Waals surface area contributed by atoms with E-state index in [1.165, 1.54) is 11.8 Å². The van der Waals surface area contributed by atoms with Gasteiger partial charge in [-0.2, -0.15) is 0 Å². The van der Waals surface area contributed by atoms with E-state index < -0.39 is 0 Å². The Kier molecular flexibility index (Phi) is 7.44. The summed E-state index contributed by atoms with van der Waals surface area (Å²) in [5.41, 5.74) is 2.55. The molecule has 0 aliphatic carbocycles. The maximum atomic E-state index is 12.8. The fourth-order valence-electron chi connectivity index (χ4n) is 3.50. The van der Waals surface area contributed by atoms with E-state index in [0.29, 0.717) is 24.4 Å². The van der Waals surface area contributed by atoms with Crippen molar-refractivity contribution >= 4 is 50.9 Å². The number of carbonyl (C=O) groups excluding carboxylic acids is 2. The summed E-state index contributed by atoms with van der Waals surface area (Å²) in [6.45, 7) is 2.87. The first kappa shape index (κ1) is 22.4. The van der Waals surface area contributed by atoms with Gasteiger partial charge in [0, 0.05) is 48.2 Å². The average Bonchev–Trinajstić information content (AvgIpc) is 2.84. The van der Waals surface area contributed by atoms with Crippen LogP contribution in [0.3, 0.4) is 0 Å². The molecule has 0 saturated carbocycles. The van der Waals surface area contributed by atoms with Crippen molar-refractivity contribution in [3.8, 4) is 0 Å². The number of thioether (sulfide) groups is 1. The number of carbonyl (C=O) groups is 2. The second kappa shape index (κ2) is 10.7. The Morgan fingerprint density at radius 3 is 2.34 bits per heavy atom. The first-order valence-electron chi connectivity index (χ1n) is 10.3. The molecule has 2 heterocycles. The van der Waals surface area contributed by atoms with Gasteiger partial charge in [-0.3, -0.25) is 9.59 Å². The van der Waals surface area contributed by atoms with Crippen LogP contribution in [0.15, 0.2) is 82.4 Å². The minimum Gasteiger partial charge on any atom is -0.368 e. The lowest BCUT2D eigenvalue weighted by atomic mass is 10.1. The van der Waals surface area contributed by atoms with E-state index in [4.69, 9.17) is 0 Å². The molecular formula is C24H23BrN4O2S. The van der Waals surface area contributed by atoms with Crippen molar-refractivity contribution in [2.24, 2.45) is 0 Å². The topological polar surface area (TPSA) is 65.5 Å². The fourth-order valence-corrected chi connectivity index (χ4v) is 4.61. The monoisotopic (exact) mass is 510 g/mol. The molecule has 0 spiro atoms. The second-order valence-corrected chi connectivity index (χ2v) is 9.16. The second-order valence-electron chi connectivity index (χ2n) is 7.31. The number of nitrogens with zero attached hydrogens (tertiary/aromatic N) is 3. The van der Waals surface area contributed by atoms with Crippen LogP contribution in [0.1, 0.15) is 10.4 Å². The van der Waals surface area contributed by atoms with Crippen LogP contribution >= 0.6 is 27.7 Å². The van der Waals surface area contributed by atoms with Gasteiger partial charge in [-0.15, -0.1) is 0 Å². The van der Waals surface area contributed by atoms with Crippen molar-refractivity contribution < 1.29 is 9.59 Å². The number of aromatic nitrogens is 1. The number of nitrogens with one attached hydrogen (secondary N) is 1. The molecule has 0 atom stereocenters. The Morgan fingerprint density at radius 2 is 1.66 bits per heavy atom. The SMILES string of the molecule is O=C(CSc1ccccn1)Nc1ccc(N2CCN(C(=O)c3ccccc3Br)CC2)cc1. The molecule has 4 rings (SSSR count). The Labute approximate surface area is 200 Å². The highest BCUT2D eigenvalue weighted by Gasteiger charge is 2.23. The number of pyridine rings is 1. The van der Waals surface area contributed by atoms with Crippen molar-refractivity contribution in [2.45, 2.75) is 5.03 Å². The van der Waals surface area contributed by atoms with E-state index in [9.17, 15) is 9.59 Å². The van der Waals surface area contributed by atoms with Crippen LogP contribution in [0.5, 0.6) is 0 Å². The quantitative estimate of drug-likeness (QED) is 0.493. The summed E-state index contributed by atoms with van der Waals surface area (Å²) in [6.07, 6.45) is 1.72. The molecule has 2 amide bonds. The molecule has 1 aliphatic rings. The normalized spacial score (nSPS) is 13.7. The zero-order valence-electron chi connectivity index (χ0n) is 17.4. The van der Waals surface area contributed by atoms with Crippen LogP contribution in [0.4, 0.5) is 11.4 Å². The molecule has 3 aromatic rings. The number of rotatable bonds is 6. The van der Waals surface area contributed by atoms with Crippen LogP contribution in [0, 0.1) is 0 Å². The molecule has 164 valence electrons. The first-order valence-corrected chi connectivity index (χ1v) is 12.1. The van der Waals surface area contributed by atoms with E-state index >= 15 is 0 Å². The van der Waals surface area contributed by atoms with Crippen LogP contribution in [-0.2, 0) is 4.79 Å². The molecule has 6 nitrogen and oxygen atoms in total. The smallest absolute Gasteiger partial charge is 0.255 e. The third-order valence-electron chi connectivity index (χ3n) is 5.18. The summed E-state index contributed by atoms with van der Waals surface area (Å²) in [7, 11) is 0. The lowest BCUT2D eigenvalue weighted by Gasteiger charge is -2.36. The number of benzene rings is 2. The predicted octanol–water partition coefficient (Wildman–Crippen LogP) is 4.54. The first-order chi connectivity index (χ1) is 15.6. The van der Waals surface area contributed by atoms with Gasteiger partial charge in [-0.05, 0) is 64.5 Å². The van der Waals surface area contributed by atoms with E-state index in [1.54, 1.807) is 6.20 Å². The highest BCUT2D eigenvalue weighted by Crippen LogP contribution is 2.22. The summed E-state index contributed by atoms with van der Waals surface area (Å²) < 4.78 is 0.823. The van der Waals surface area contributed by atoms with Crippen molar-refractivity contribution in [1.29, 1.82) is 0 Å². The molecule has 2 aromatic carbocycles. The largest absolute Gasteiger partial charge is 0.368 e. The van der Waals surface area contributed by atoms with E-state index in [1.807, 2.05) is 71.6 Å². The average molecular weight is 511 g/mol. The predicted molar refractivity (Wildman–Crippen MR) is 132 cm³/mol. The molecule has 1 N–H and O–H groups in total. The van der Waals surface area contributed by atoms with E-state index in [2.05, 4.69) is 31.1 Å². The van der Waals surface area contributed by atoms with Crippen molar-refractivity contribution in [3.05, 3.63) is 83.0 Å². The Hall–Kier alpha value is -2.84. The van der Waals surface area contributed by atoms with E-state index in [0.717, 1.165) is 34.0 Å². The number of anilines is 2. The lowest BCUT2D eigenvalue weighted by Crippen LogP contribution is -2.48. The molecule has 32 heavy (non-hydrogen) atoms. The van der Waals surface area contributed by atoms with Gasteiger partial charge in [0.2, 0.25) is 5.91 Å². The van der Waals surface area contributed by atoms with Gasteiger partial charge < -0.3 is 15.1 Å². The Bertz CT molecular complexity index is 1070. The summed E-state index contributed by atoms with van der Waals surface area (Å²) in [6, 6.07) is 21.0. The number of piperazine rings is 1. The standard InChI is InChI=1S/C24H23BrN4O2S/c25-21-6-2-1-5-20(21)24(31)29-15-13-28(14-16-29)19-10-8-18(9-11-19)27-22(30)17-32-23-7-3-4-12-26-23/h1-12H,13-17H2,(H,27,30). The maximum absolute atomic E-state index is 12.8. The third-order valence-corrected chi connectivity index (χ3v) is 6.81. The molecule has 8 heteroatoms. The van der Waals surface area contributed by atoms with Crippen molar-refractivity contribution in [3.63, 3.8) is 0 Å². The molecule has 0 bridgehead atoms. The maximum Gasteiger partial charge on any atom is 0.255 e. The summed E-state index contributed by atoms with van der Waals surface area (Å²) >= 11 is 4.87.